The molecule has 1 N–H and O–H groups in total. The molecule has 0 atom stereocenters. The van der Waals surface area contributed by atoms with Crippen molar-refractivity contribution in [2.24, 2.45) is 0 Å². The molecule has 0 fully saturated rings. The molecule has 0 aliphatic heterocycles. The maximum absolute atomic E-state index is 4.27. The van der Waals surface area contributed by atoms with E-state index in [0.29, 0.717) is 5.25 Å². The van der Waals surface area contributed by atoms with Crippen molar-refractivity contribution >= 4 is 11.8 Å². The summed E-state index contributed by atoms with van der Waals surface area (Å²) in [7, 11) is 0. The molecule has 1 rings (SSSR count). The molecular weight excluding hydrogens is 158 g/mol. The van der Waals surface area contributed by atoms with Gasteiger partial charge in [0.2, 0.25) is 5.16 Å². The van der Waals surface area contributed by atoms with Gasteiger partial charge in [0.25, 0.3) is 0 Å². The van der Waals surface area contributed by atoms with Crippen LogP contribution in [0.2, 0.25) is 0 Å². The number of hydrogen-bond acceptors (Lipinski definition) is 3. The largest absolute Gasteiger partial charge is 0.262 e. The van der Waals surface area contributed by atoms with E-state index in [9.17, 15) is 0 Å². The Balaban J connectivity index is 2.58. The number of aryl methyl sites for hydroxylation is 1. The fraction of sp³-hybridized carbons (Fsp3) is 0.714. The zero-order chi connectivity index (χ0) is 8.27. The molecule has 0 aliphatic carbocycles. The summed E-state index contributed by atoms with van der Waals surface area (Å²) < 4.78 is 0. The van der Waals surface area contributed by atoms with Crippen LogP contribution >= 0.6 is 11.8 Å². The van der Waals surface area contributed by atoms with Gasteiger partial charge in [0.1, 0.15) is 5.82 Å². The van der Waals surface area contributed by atoms with E-state index in [1.54, 1.807) is 11.8 Å². The first kappa shape index (κ1) is 8.59. The molecule has 0 aromatic carbocycles. The van der Waals surface area contributed by atoms with Gasteiger partial charge in [0.15, 0.2) is 0 Å². The number of aromatic nitrogens is 3. The Morgan fingerprint density at radius 2 is 2.27 bits per heavy atom. The summed E-state index contributed by atoms with van der Waals surface area (Å²) in [6.45, 7) is 6.32. The van der Waals surface area contributed by atoms with E-state index < -0.39 is 0 Å². The maximum Gasteiger partial charge on any atom is 0.208 e. The van der Waals surface area contributed by atoms with Gasteiger partial charge in [-0.25, -0.2) is 4.98 Å². The third-order valence-corrected chi connectivity index (χ3v) is 2.05. The molecule has 0 saturated heterocycles. The van der Waals surface area contributed by atoms with Crippen LogP contribution in [0.3, 0.4) is 0 Å². The lowest BCUT2D eigenvalue weighted by atomic mass is 10.5. The normalized spacial score (nSPS) is 10.9. The van der Waals surface area contributed by atoms with E-state index in [4.69, 9.17) is 0 Å². The summed E-state index contributed by atoms with van der Waals surface area (Å²) in [6, 6.07) is 0. The molecule has 0 unspecified atom stereocenters. The fourth-order valence-corrected chi connectivity index (χ4v) is 1.38. The highest BCUT2D eigenvalue weighted by molar-refractivity contribution is 7.99. The van der Waals surface area contributed by atoms with Gasteiger partial charge in [-0.05, 0) is 0 Å². The van der Waals surface area contributed by atoms with Crippen molar-refractivity contribution in [2.75, 3.05) is 0 Å². The van der Waals surface area contributed by atoms with Crippen molar-refractivity contribution in [1.29, 1.82) is 0 Å². The molecule has 0 amide bonds. The highest BCUT2D eigenvalue weighted by Crippen LogP contribution is 2.17. The van der Waals surface area contributed by atoms with E-state index in [1.165, 1.54) is 0 Å². The van der Waals surface area contributed by atoms with E-state index in [0.717, 1.165) is 17.4 Å². The SMILES string of the molecule is CCc1nc(SC(C)C)n[nH]1. The lowest BCUT2D eigenvalue weighted by Crippen LogP contribution is -1.87. The number of nitrogens with one attached hydrogen (secondary N) is 1. The summed E-state index contributed by atoms with van der Waals surface area (Å²) in [5.74, 6) is 0.966. The minimum atomic E-state index is 0.551. The molecule has 0 spiro atoms. The number of H-pyrrole nitrogens is 1. The van der Waals surface area contributed by atoms with E-state index >= 15 is 0 Å². The van der Waals surface area contributed by atoms with Crippen LogP contribution in [-0.2, 0) is 6.42 Å². The molecule has 0 saturated carbocycles. The molecule has 3 nitrogen and oxygen atoms in total. The Morgan fingerprint density at radius 1 is 1.55 bits per heavy atom. The Hall–Kier alpha value is -0.510. The Kier molecular flexibility index (Phi) is 2.93. The number of aromatic amines is 1. The molecule has 4 heteroatoms. The lowest BCUT2D eigenvalue weighted by molar-refractivity contribution is 0.939. The van der Waals surface area contributed by atoms with Crippen LogP contribution in [0.25, 0.3) is 0 Å². The quantitative estimate of drug-likeness (QED) is 0.706. The second kappa shape index (κ2) is 3.76. The zero-order valence-corrected chi connectivity index (χ0v) is 7.90. The van der Waals surface area contributed by atoms with Crippen LogP contribution in [0, 0.1) is 0 Å². The summed E-state index contributed by atoms with van der Waals surface area (Å²) in [6.07, 6.45) is 0.922. The van der Waals surface area contributed by atoms with Gasteiger partial charge in [-0.15, -0.1) is 5.10 Å². The van der Waals surface area contributed by atoms with Gasteiger partial charge in [-0.2, -0.15) is 0 Å². The Bertz CT molecular complexity index is 219. The van der Waals surface area contributed by atoms with Crippen LogP contribution in [0.1, 0.15) is 26.6 Å². The van der Waals surface area contributed by atoms with Gasteiger partial charge in [0, 0.05) is 11.7 Å². The highest BCUT2D eigenvalue weighted by Gasteiger charge is 2.03. The standard InChI is InChI=1S/C7H13N3S/c1-4-6-8-7(10-9-6)11-5(2)3/h5H,4H2,1-3H3,(H,8,9,10). The van der Waals surface area contributed by atoms with Crippen LogP contribution in [0.5, 0.6) is 0 Å². The minimum Gasteiger partial charge on any atom is -0.262 e. The molecule has 1 aromatic rings. The number of nitrogens with zero attached hydrogens (tertiary/aromatic N) is 2. The Labute approximate surface area is 71.0 Å². The van der Waals surface area contributed by atoms with Crippen molar-refractivity contribution in [3.05, 3.63) is 5.82 Å². The van der Waals surface area contributed by atoms with Crippen molar-refractivity contribution in [2.45, 2.75) is 37.6 Å². The van der Waals surface area contributed by atoms with Gasteiger partial charge < -0.3 is 0 Å². The van der Waals surface area contributed by atoms with Gasteiger partial charge in [-0.3, -0.25) is 5.10 Å². The topological polar surface area (TPSA) is 41.6 Å². The van der Waals surface area contributed by atoms with Crippen molar-refractivity contribution in [3.8, 4) is 0 Å². The zero-order valence-electron chi connectivity index (χ0n) is 7.09. The van der Waals surface area contributed by atoms with E-state index in [-0.39, 0.29) is 0 Å². The lowest BCUT2D eigenvalue weighted by Gasteiger charge is -1.96. The first-order chi connectivity index (χ1) is 5.22. The number of thioether (sulfide) groups is 1. The molecule has 11 heavy (non-hydrogen) atoms. The maximum atomic E-state index is 4.27. The molecule has 0 radical (unpaired) electrons. The van der Waals surface area contributed by atoms with E-state index in [1.807, 2.05) is 0 Å². The summed E-state index contributed by atoms with van der Waals surface area (Å²) >= 11 is 1.68. The minimum absolute atomic E-state index is 0.551. The molecule has 0 bridgehead atoms. The molecule has 0 aliphatic rings. The summed E-state index contributed by atoms with van der Waals surface area (Å²) in [5, 5.41) is 8.34. The van der Waals surface area contributed by atoms with Crippen LogP contribution in [0.15, 0.2) is 5.16 Å². The molecule has 62 valence electrons. The van der Waals surface area contributed by atoms with Crippen LogP contribution in [0.4, 0.5) is 0 Å². The number of rotatable bonds is 3. The summed E-state index contributed by atoms with van der Waals surface area (Å²) in [4.78, 5) is 4.27. The van der Waals surface area contributed by atoms with Crippen molar-refractivity contribution in [3.63, 3.8) is 0 Å². The molecular formula is C7H13N3S. The second-order valence-corrected chi connectivity index (χ2v) is 4.13. The first-order valence-electron chi connectivity index (χ1n) is 3.80. The highest BCUT2D eigenvalue weighted by atomic mass is 32.2. The molecule has 1 heterocycles. The number of hydrogen-bond donors (Lipinski definition) is 1. The summed E-state index contributed by atoms with van der Waals surface area (Å²) in [5.41, 5.74) is 0. The second-order valence-electron chi connectivity index (χ2n) is 2.58. The monoisotopic (exact) mass is 171 g/mol. The first-order valence-corrected chi connectivity index (χ1v) is 4.68. The van der Waals surface area contributed by atoms with Crippen molar-refractivity contribution in [1.82, 2.24) is 15.2 Å². The van der Waals surface area contributed by atoms with Gasteiger partial charge in [-0.1, -0.05) is 32.5 Å². The third kappa shape index (κ3) is 2.54. The predicted molar refractivity (Wildman–Crippen MR) is 46.8 cm³/mol. The average Bonchev–Trinajstić information content (AvgIpc) is 2.34. The van der Waals surface area contributed by atoms with Crippen LogP contribution in [-0.4, -0.2) is 20.4 Å². The third-order valence-electron chi connectivity index (χ3n) is 1.19. The Morgan fingerprint density at radius 3 is 2.73 bits per heavy atom. The fourth-order valence-electron chi connectivity index (χ4n) is 0.699. The van der Waals surface area contributed by atoms with Gasteiger partial charge >= 0.3 is 0 Å². The van der Waals surface area contributed by atoms with Crippen molar-refractivity contribution < 1.29 is 0 Å². The molecule has 1 aromatic heterocycles. The smallest absolute Gasteiger partial charge is 0.208 e. The van der Waals surface area contributed by atoms with Crippen LogP contribution < -0.4 is 0 Å². The van der Waals surface area contributed by atoms with Gasteiger partial charge in [0.05, 0.1) is 0 Å². The van der Waals surface area contributed by atoms with E-state index in [2.05, 4.69) is 36.0 Å². The average molecular weight is 171 g/mol. The predicted octanol–water partition coefficient (Wildman–Crippen LogP) is 1.87.